The van der Waals surface area contributed by atoms with Crippen LogP contribution in [0.2, 0.25) is 0 Å². The highest BCUT2D eigenvalue weighted by Crippen LogP contribution is 2.23. The zero-order valence-electron chi connectivity index (χ0n) is 13.6. The van der Waals surface area contributed by atoms with Crippen molar-refractivity contribution in [1.82, 2.24) is 0 Å². The smallest absolute Gasteiger partial charge is 0.156 e. The minimum Gasteiger partial charge on any atom is -0.400 e. The van der Waals surface area contributed by atoms with Crippen LogP contribution in [0, 0.1) is 5.92 Å². The molecule has 0 aliphatic carbocycles. The highest BCUT2D eigenvalue weighted by Gasteiger charge is 2.22. The van der Waals surface area contributed by atoms with E-state index in [1.807, 2.05) is 0 Å². The van der Waals surface area contributed by atoms with Crippen LogP contribution in [0.15, 0.2) is 30.3 Å². The molecule has 0 saturated carbocycles. The van der Waals surface area contributed by atoms with E-state index in [1.54, 1.807) is 0 Å². The van der Waals surface area contributed by atoms with E-state index in [0.717, 1.165) is 20.1 Å². The third kappa shape index (κ3) is 11.4. The highest BCUT2D eigenvalue weighted by atomic mass is 16.5. The fourth-order valence-electron chi connectivity index (χ4n) is 2.17. The summed E-state index contributed by atoms with van der Waals surface area (Å²) in [4.78, 5) is 0. The molecular weight excluding hydrogens is 268 g/mol. The summed E-state index contributed by atoms with van der Waals surface area (Å²) in [5.41, 5.74) is 1.43. The van der Waals surface area contributed by atoms with E-state index in [0.29, 0.717) is 12.0 Å². The van der Waals surface area contributed by atoms with E-state index < -0.39 is 5.79 Å². The molecule has 0 bridgehead atoms. The van der Waals surface area contributed by atoms with Crippen LogP contribution in [0.3, 0.4) is 0 Å². The van der Waals surface area contributed by atoms with E-state index in [1.165, 1.54) is 32.3 Å². The molecule has 1 aliphatic heterocycles. The molecule has 0 radical (unpaired) electrons. The zero-order valence-corrected chi connectivity index (χ0v) is 13.6. The van der Waals surface area contributed by atoms with Gasteiger partial charge in [0.1, 0.15) is 0 Å². The molecule has 0 spiro atoms. The molecule has 122 valence electrons. The van der Waals surface area contributed by atoms with Crippen LogP contribution in [0.1, 0.15) is 39.2 Å². The summed E-state index contributed by atoms with van der Waals surface area (Å²) < 4.78 is 5.69. The lowest BCUT2D eigenvalue weighted by atomic mass is 9.94. The fourth-order valence-corrected chi connectivity index (χ4v) is 2.17. The van der Waals surface area contributed by atoms with Crippen LogP contribution < -0.4 is 0 Å². The lowest BCUT2D eigenvalue weighted by molar-refractivity contribution is -0.127. The average molecular weight is 298 g/mol. The summed E-state index contributed by atoms with van der Waals surface area (Å²) in [7, 11) is 1.00. The maximum Gasteiger partial charge on any atom is 0.156 e. The Morgan fingerprint density at radius 3 is 2.14 bits per heavy atom. The first kappa shape index (κ1) is 20.1. The van der Waals surface area contributed by atoms with Crippen molar-refractivity contribution >= 4 is 0 Å². The van der Waals surface area contributed by atoms with Crippen LogP contribution in [-0.2, 0) is 11.2 Å². The van der Waals surface area contributed by atoms with E-state index in [4.69, 9.17) is 20.1 Å². The van der Waals surface area contributed by atoms with Crippen molar-refractivity contribution in [2.24, 2.45) is 5.92 Å². The van der Waals surface area contributed by atoms with Crippen molar-refractivity contribution in [3.63, 3.8) is 0 Å². The summed E-state index contributed by atoms with van der Waals surface area (Å²) in [6.07, 6.45) is 4.12. The number of aliphatic hydroxyl groups excluding tert-OH is 1. The van der Waals surface area contributed by atoms with Gasteiger partial charge in [0, 0.05) is 13.7 Å². The first-order chi connectivity index (χ1) is 9.86. The van der Waals surface area contributed by atoms with Crippen molar-refractivity contribution in [3.05, 3.63) is 35.9 Å². The molecule has 1 aromatic rings. The van der Waals surface area contributed by atoms with Gasteiger partial charge >= 0.3 is 0 Å². The van der Waals surface area contributed by atoms with Gasteiger partial charge in [0.2, 0.25) is 0 Å². The molecule has 3 N–H and O–H groups in total. The van der Waals surface area contributed by atoms with Crippen molar-refractivity contribution in [2.45, 2.75) is 51.9 Å². The van der Waals surface area contributed by atoms with Crippen molar-refractivity contribution in [2.75, 3.05) is 13.7 Å². The number of rotatable bonds is 3. The summed E-state index contributed by atoms with van der Waals surface area (Å²) in [5, 5.41) is 23.2. The molecule has 21 heavy (non-hydrogen) atoms. The number of hydrogen-bond donors (Lipinski definition) is 3. The largest absolute Gasteiger partial charge is 0.400 e. The van der Waals surface area contributed by atoms with Crippen LogP contribution in [0.4, 0.5) is 0 Å². The topological polar surface area (TPSA) is 69.9 Å². The molecule has 4 nitrogen and oxygen atoms in total. The molecule has 0 aromatic heterocycles. The summed E-state index contributed by atoms with van der Waals surface area (Å²) in [6.45, 7) is 5.85. The molecule has 0 amide bonds. The Bertz CT molecular complexity index is 334. The molecule has 1 fully saturated rings. The third-order valence-corrected chi connectivity index (χ3v) is 3.00. The van der Waals surface area contributed by atoms with Gasteiger partial charge in [-0.05, 0) is 44.6 Å². The Balaban J connectivity index is 0.000000489. The maximum absolute atomic E-state index is 8.08. The lowest BCUT2D eigenvalue weighted by Gasteiger charge is -2.18. The molecule has 2 atom stereocenters. The van der Waals surface area contributed by atoms with Gasteiger partial charge in [-0.15, -0.1) is 0 Å². The van der Waals surface area contributed by atoms with Crippen molar-refractivity contribution in [1.29, 1.82) is 0 Å². The van der Waals surface area contributed by atoms with Gasteiger partial charge in [0.05, 0.1) is 6.10 Å². The van der Waals surface area contributed by atoms with Crippen LogP contribution in [0.5, 0.6) is 0 Å². The molecular formula is C17H30O4. The summed E-state index contributed by atoms with van der Waals surface area (Å²) >= 11 is 0. The Morgan fingerprint density at radius 1 is 1.19 bits per heavy atom. The van der Waals surface area contributed by atoms with Crippen molar-refractivity contribution in [3.8, 4) is 0 Å². The van der Waals surface area contributed by atoms with Gasteiger partial charge in [0.15, 0.2) is 5.79 Å². The zero-order chi connectivity index (χ0) is 16.3. The van der Waals surface area contributed by atoms with Gasteiger partial charge in [0.25, 0.3) is 0 Å². The highest BCUT2D eigenvalue weighted by molar-refractivity contribution is 5.15. The Kier molecular flexibility index (Phi) is 10.3. The third-order valence-electron chi connectivity index (χ3n) is 3.00. The Labute approximate surface area is 128 Å². The summed E-state index contributed by atoms with van der Waals surface area (Å²) in [6, 6.07) is 10.7. The quantitative estimate of drug-likeness (QED) is 0.749. The van der Waals surface area contributed by atoms with Gasteiger partial charge < -0.3 is 20.1 Å². The number of hydrogen-bond acceptors (Lipinski definition) is 4. The van der Waals surface area contributed by atoms with E-state index >= 15 is 0 Å². The minimum absolute atomic E-state index is 0.496. The second-order valence-electron chi connectivity index (χ2n) is 5.71. The fraction of sp³-hybridized carbons (Fsp3) is 0.647. The Hall–Kier alpha value is -0.940. The summed E-state index contributed by atoms with van der Waals surface area (Å²) in [5.74, 6) is -0.847. The lowest BCUT2D eigenvalue weighted by Crippen LogP contribution is -2.18. The van der Waals surface area contributed by atoms with Crippen LogP contribution >= 0.6 is 0 Å². The minimum atomic E-state index is -1.50. The van der Waals surface area contributed by atoms with Gasteiger partial charge in [-0.3, -0.25) is 0 Å². The molecule has 2 unspecified atom stereocenters. The van der Waals surface area contributed by atoms with Gasteiger partial charge in [-0.1, -0.05) is 37.3 Å². The first-order valence-electron chi connectivity index (χ1n) is 7.41. The molecule has 1 saturated heterocycles. The van der Waals surface area contributed by atoms with Crippen LogP contribution in [-0.4, -0.2) is 40.9 Å². The number of aliphatic hydroxyl groups is 3. The molecule has 2 rings (SSSR count). The average Bonchev–Trinajstić information content (AvgIpc) is 2.94. The first-order valence-corrected chi connectivity index (χ1v) is 7.41. The van der Waals surface area contributed by atoms with Crippen LogP contribution in [0.25, 0.3) is 0 Å². The molecule has 1 aromatic carbocycles. The van der Waals surface area contributed by atoms with E-state index in [-0.39, 0.29) is 0 Å². The molecule has 1 aliphatic rings. The monoisotopic (exact) mass is 298 g/mol. The van der Waals surface area contributed by atoms with Gasteiger partial charge in [-0.2, -0.15) is 0 Å². The normalized spacial score (nSPS) is 18.9. The maximum atomic E-state index is 8.08. The van der Waals surface area contributed by atoms with E-state index in [2.05, 4.69) is 37.3 Å². The van der Waals surface area contributed by atoms with E-state index in [9.17, 15) is 0 Å². The number of benzene rings is 1. The predicted octanol–water partition coefficient (Wildman–Crippen LogP) is 2.36. The second kappa shape index (κ2) is 10.7. The number of ether oxygens (including phenoxy) is 1. The SMILES string of the molecule is CC(C)(O)O.CC(Cc1ccccc1)C1CCCO1.CO. The van der Waals surface area contributed by atoms with Gasteiger partial charge in [-0.25, -0.2) is 0 Å². The Morgan fingerprint density at radius 2 is 1.71 bits per heavy atom. The predicted molar refractivity (Wildman–Crippen MR) is 84.9 cm³/mol. The standard InChI is InChI=1S/C13H18O.C3H8O2.CH4O/c1-11(13-8-5-9-14-13)10-12-6-3-2-4-7-12;1-3(2,4)5;1-2/h2-4,6-7,11,13H,5,8-10H2,1H3;4-5H,1-2H3;2H,1H3. The molecule has 1 heterocycles. The van der Waals surface area contributed by atoms with Crippen molar-refractivity contribution < 1.29 is 20.1 Å². The second-order valence-corrected chi connectivity index (χ2v) is 5.71. The molecule has 4 heteroatoms.